The molecule has 0 unspecified atom stereocenters. The highest BCUT2D eigenvalue weighted by Crippen LogP contribution is 2.32. The number of aromatic nitrogens is 2. The molecule has 1 heterocycles. The maximum absolute atomic E-state index is 14.3. The molecule has 1 aromatic heterocycles. The molecule has 0 saturated heterocycles. The number of aryl methyl sites for hydroxylation is 2. The first-order chi connectivity index (χ1) is 11.8. The Morgan fingerprint density at radius 2 is 2.16 bits per heavy atom. The van der Waals surface area contributed by atoms with Gasteiger partial charge in [-0.3, -0.25) is 4.79 Å². The molecule has 1 aromatic carbocycles. The van der Waals surface area contributed by atoms with Crippen molar-refractivity contribution < 1.29 is 9.18 Å². The molecule has 1 amide bonds. The number of benzene rings is 1. The van der Waals surface area contributed by atoms with Gasteiger partial charge in [0.15, 0.2) is 0 Å². The van der Waals surface area contributed by atoms with Gasteiger partial charge in [0, 0.05) is 24.7 Å². The lowest BCUT2D eigenvalue weighted by Crippen LogP contribution is -2.33. The third-order valence-electron chi connectivity index (χ3n) is 4.48. The van der Waals surface area contributed by atoms with Crippen LogP contribution in [0, 0.1) is 12.9 Å². The summed E-state index contributed by atoms with van der Waals surface area (Å²) in [6, 6.07) is 5.69. The van der Waals surface area contributed by atoms with Crippen LogP contribution in [-0.2, 0) is 13.6 Å². The summed E-state index contributed by atoms with van der Waals surface area (Å²) < 4.78 is 15.4. The van der Waals surface area contributed by atoms with Crippen molar-refractivity contribution in [2.75, 3.05) is 0 Å². The molecule has 1 aliphatic carbocycles. The Morgan fingerprint density at radius 3 is 2.68 bits per heavy atom. The van der Waals surface area contributed by atoms with Crippen LogP contribution in [0.5, 0.6) is 0 Å². The quantitative estimate of drug-likeness (QED) is 0.793. The van der Waals surface area contributed by atoms with Gasteiger partial charge in [0.2, 0.25) is 5.95 Å². The van der Waals surface area contributed by atoms with Crippen molar-refractivity contribution in [2.24, 2.45) is 7.05 Å². The fourth-order valence-corrected chi connectivity index (χ4v) is 3.26. The van der Waals surface area contributed by atoms with Crippen LogP contribution in [0.3, 0.4) is 0 Å². The minimum atomic E-state index is -0.598. The van der Waals surface area contributed by atoms with Gasteiger partial charge in [-0.05, 0) is 49.9 Å². The topological polar surface area (TPSA) is 38.1 Å². The van der Waals surface area contributed by atoms with E-state index in [2.05, 4.69) is 11.7 Å². The molecule has 0 aliphatic heterocycles. The second-order valence-electron chi connectivity index (χ2n) is 6.62. The van der Waals surface area contributed by atoms with E-state index in [1.54, 1.807) is 11.8 Å². The molecule has 4 nitrogen and oxygen atoms in total. The van der Waals surface area contributed by atoms with Gasteiger partial charge in [0.1, 0.15) is 5.56 Å². The summed E-state index contributed by atoms with van der Waals surface area (Å²) in [4.78, 5) is 14.8. The normalized spacial score (nSPS) is 13.8. The molecule has 1 fully saturated rings. The summed E-state index contributed by atoms with van der Waals surface area (Å²) >= 11 is 6.14. The number of carbonyl (C=O) groups is 1. The van der Waals surface area contributed by atoms with Gasteiger partial charge in [-0.15, -0.1) is 0 Å². The zero-order valence-corrected chi connectivity index (χ0v) is 15.4. The van der Waals surface area contributed by atoms with Crippen LogP contribution in [0.2, 0.25) is 5.02 Å². The van der Waals surface area contributed by atoms with Gasteiger partial charge in [0.25, 0.3) is 5.91 Å². The predicted molar refractivity (Wildman–Crippen MR) is 97.0 cm³/mol. The minimum Gasteiger partial charge on any atom is -0.331 e. The lowest BCUT2D eigenvalue weighted by atomic mass is 10.0. The highest BCUT2D eigenvalue weighted by molar-refractivity contribution is 6.30. The van der Waals surface area contributed by atoms with Gasteiger partial charge in [0.05, 0.1) is 5.69 Å². The number of rotatable bonds is 5. The van der Waals surface area contributed by atoms with Crippen LogP contribution < -0.4 is 0 Å². The molecular formula is C19H21ClFN3O. The smallest absolute Gasteiger partial charge is 0.260 e. The van der Waals surface area contributed by atoms with Crippen molar-refractivity contribution in [1.82, 2.24) is 14.7 Å². The maximum atomic E-state index is 14.3. The van der Waals surface area contributed by atoms with Crippen LogP contribution >= 0.6 is 11.6 Å². The lowest BCUT2D eigenvalue weighted by Gasteiger charge is -2.24. The summed E-state index contributed by atoms with van der Waals surface area (Å²) in [7, 11) is 1.50. The first-order valence-corrected chi connectivity index (χ1v) is 8.61. The Hall–Kier alpha value is -2.14. The van der Waals surface area contributed by atoms with Crippen LogP contribution in [-0.4, -0.2) is 26.6 Å². The van der Waals surface area contributed by atoms with Crippen molar-refractivity contribution in [1.29, 1.82) is 0 Å². The first kappa shape index (κ1) is 17.7. The van der Waals surface area contributed by atoms with Gasteiger partial charge in [-0.25, -0.2) is 4.68 Å². The lowest BCUT2D eigenvalue weighted by molar-refractivity contribution is 0.0723. The Balaban J connectivity index is 1.97. The van der Waals surface area contributed by atoms with E-state index in [0.29, 0.717) is 17.3 Å². The van der Waals surface area contributed by atoms with E-state index >= 15 is 0 Å². The fraction of sp³-hybridized carbons (Fsp3) is 0.368. The summed E-state index contributed by atoms with van der Waals surface area (Å²) in [5.74, 6) is -0.919. The summed E-state index contributed by atoms with van der Waals surface area (Å²) in [6.07, 6.45) is 1.85. The minimum absolute atomic E-state index is 0.0494. The number of hydrogen-bond donors (Lipinski definition) is 0. The maximum Gasteiger partial charge on any atom is 0.260 e. The molecule has 0 spiro atoms. The molecule has 3 rings (SSSR count). The van der Waals surface area contributed by atoms with Crippen LogP contribution in [0.4, 0.5) is 4.39 Å². The van der Waals surface area contributed by atoms with E-state index < -0.39 is 5.95 Å². The number of halogens is 2. The number of hydrogen-bond acceptors (Lipinski definition) is 2. The van der Waals surface area contributed by atoms with E-state index in [0.717, 1.165) is 34.2 Å². The van der Waals surface area contributed by atoms with E-state index in [9.17, 15) is 9.18 Å². The van der Waals surface area contributed by atoms with Crippen molar-refractivity contribution in [3.05, 3.63) is 58.1 Å². The molecule has 0 atom stereocenters. The highest BCUT2D eigenvalue weighted by atomic mass is 35.5. The van der Waals surface area contributed by atoms with E-state index in [-0.39, 0.29) is 17.5 Å². The van der Waals surface area contributed by atoms with Crippen molar-refractivity contribution in [2.45, 2.75) is 39.3 Å². The van der Waals surface area contributed by atoms with Crippen molar-refractivity contribution >= 4 is 23.1 Å². The fourth-order valence-electron chi connectivity index (χ4n) is 3.06. The number of allylic oxidation sites excluding steroid dienone is 1. The van der Waals surface area contributed by atoms with Crippen molar-refractivity contribution in [3.63, 3.8) is 0 Å². The average molecular weight is 362 g/mol. The molecule has 2 aromatic rings. The largest absolute Gasteiger partial charge is 0.331 e. The second kappa shape index (κ2) is 6.64. The zero-order valence-electron chi connectivity index (χ0n) is 14.6. The van der Waals surface area contributed by atoms with Crippen LogP contribution in [0.25, 0.3) is 5.57 Å². The van der Waals surface area contributed by atoms with Gasteiger partial charge >= 0.3 is 0 Å². The molecule has 1 aliphatic rings. The standard InChI is InChI=1S/C19H21ClFN3O/c1-11(2)16-8-5-14(20)9-13(16)10-24(15-6-7-15)19(25)17-12(3)22-23(4)18(17)21/h5,8-9,15H,1,6-7,10H2,2-4H3. The summed E-state index contributed by atoms with van der Waals surface area (Å²) in [5.41, 5.74) is 3.24. The second-order valence-corrected chi connectivity index (χ2v) is 7.06. The molecule has 0 N–H and O–H groups in total. The van der Waals surface area contributed by atoms with Gasteiger partial charge < -0.3 is 4.90 Å². The number of carbonyl (C=O) groups excluding carboxylic acids is 1. The summed E-state index contributed by atoms with van der Waals surface area (Å²) in [6.45, 7) is 7.94. The monoisotopic (exact) mass is 361 g/mol. The number of nitrogens with zero attached hydrogens (tertiary/aromatic N) is 3. The SMILES string of the molecule is C=C(C)c1ccc(Cl)cc1CN(C(=O)c1c(C)nn(C)c1F)C1CC1. The molecule has 132 valence electrons. The molecule has 0 radical (unpaired) electrons. The Bertz CT molecular complexity index is 855. The zero-order chi connectivity index (χ0) is 18.3. The third-order valence-corrected chi connectivity index (χ3v) is 4.72. The van der Waals surface area contributed by atoms with Crippen LogP contribution in [0.1, 0.15) is 46.9 Å². The highest BCUT2D eigenvalue weighted by Gasteiger charge is 2.36. The molecule has 0 bridgehead atoms. The van der Waals surface area contributed by atoms with Gasteiger partial charge in [-0.2, -0.15) is 9.49 Å². The molecule has 6 heteroatoms. The Labute approximate surface area is 151 Å². The average Bonchev–Trinajstić information content (AvgIpc) is 3.33. The van der Waals surface area contributed by atoms with Crippen LogP contribution in [0.15, 0.2) is 24.8 Å². The Morgan fingerprint density at radius 1 is 1.48 bits per heavy atom. The van der Waals surface area contributed by atoms with E-state index in [4.69, 9.17) is 11.6 Å². The third kappa shape index (κ3) is 3.47. The first-order valence-electron chi connectivity index (χ1n) is 8.24. The van der Waals surface area contributed by atoms with E-state index in [1.165, 1.54) is 7.05 Å². The Kier molecular flexibility index (Phi) is 4.69. The molecule has 25 heavy (non-hydrogen) atoms. The van der Waals surface area contributed by atoms with E-state index in [1.807, 2.05) is 25.1 Å². The predicted octanol–water partition coefficient (Wildman–Crippen LogP) is 4.36. The molecular weight excluding hydrogens is 341 g/mol. The molecule has 1 saturated carbocycles. The van der Waals surface area contributed by atoms with Crippen molar-refractivity contribution in [3.8, 4) is 0 Å². The number of amides is 1. The summed E-state index contributed by atoms with van der Waals surface area (Å²) in [5, 5.41) is 4.62. The van der Waals surface area contributed by atoms with Gasteiger partial charge in [-0.1, -0.05) is 29.8 Å².